The third kappa shape index (κ3) is 3.37. The lowest BCUT2D eigenvalue weighted by Gasteiger charge is -2.08. The highest BCUT2D eigenvalue weighted by atomic mass is 35.5. The van der Waals surface area contributed by atoms with Gasteiger partial charge < -0.3 is 9.84 Å². The van der Waals surface area contributed by atoms with E-state index in [0.717, 1.165) is 5.56 Å². The smallest absolute Gasteiger partial charge is 0.127 e. The van der Waals surface area contributed by atoms with Crippen LogP contribution in [0.2, 0.25) is 0 Å². The van der Waals surface area contributed by atoms with Crippen LogP contribution in [0.25, 0.3) is 0 Å². The van der Waals surface area contributed by atoms with Crippen molar-refractivity contribution >= 4 is 11.6 Å². The Balaban J connectivity index is 2.08. The first-order valence-electron chi connectivity index (χ1n) is 5.43. The Hall–Kier alpha value is -1.74. The fourth-order valence-electron chi connectivity index (χ4n) is 1.59. The number of benzene rings is 2. The van der Waals surface area contributed by atoms with Crippen molar-refractivity contribution in [3.05, 3.63) is 59.4 Å². The fraction of sp³-hybridized carbons (Fsp3) is 0.143. The van der Waals surface area contributed by atoms with E-state index in [0.29, 0.717) is 11.3 Å². The zero-order valence-electron chi connectivity index (χ0n) is 9.57. The molecule has 0 atom stereocenters. The molecule has 0 aliphatic rings. The molecular formula is C14H12ClFO2. The lowest BCUT2D eigenvalue weighted by Crippen LogP contribution is -1.96. The molecule has 18 heavy (non-hydrogen) atoms. The molecule has 1 N–H and O–H groups in total. The maximum absolute atomic E-state index is 13.2. The molecule has 0 radical (unpaired) electrons. The van der Waals surface area contributed by atoms with Crippen LogP contribution >= 0.6 is 11.6 Å². The summed E-state index contributed by atoms with van der Waals surface area (Å²) in [7, 11) is 0. The van der Waals surface area contributed by atoms with Gasteiger partial charge in [0.1, 0.15) is 23.9 Å². The summed E-state index contributed by atoms with van der Waals surface area (Å²) in [5.41, 5.74) is 1.48. The van der Waals surface area contributed by atoms with Crippen LogP contribution in [-0.2, 0) is 12.5 Å². The molecule has 2 rings (SSSR count). The molecule has 0 spiro atoms. The minimum Gasteiger partial charge on any atom is -0.508 e. The van der Waals surface area contributed by atoms with E-state index in [1.54, 1.807) is 24.3 Å². The molecule has 0 aliphatic heterocycles. The highest BCUT2D eigenvalue weighted by Gasteiger charge is 2.02. The van der Waals surface area contributed by atoms with Gasteiger partial charge in [0.25, 0.3) is 0 Å². The van der Waals surface area contributed by atoms with Gasteiger partial charge in [0.05, 0.1) is 0 Å². The van der Waals surface area contributed by atoms with Gasteiger partial charge in [-0.15, -0.1) is 11.6 Å². The summed E-state index contributed by atoms with van der Waals surface area (Å²) in [6.45, 7) is 0.263. The van der Waals surface area contributed by atoms with E-state index in [4.69, 9.17) is 16.3 Å². The molecule has 94 valence electrons. The average Bonchev–Trinajstić information content (AvgIpc) is 2.36. The summed E-state index contributed by atoms with van der Waals surface area (Å²) < 4.78 is 18.7. The Morgan fingerprint density at radius 2 is 1.94 bits per heavy atom. The molecule has 2 aromatic carbocycles. The second-order valence-electron chi connectivity index (χ2n) is 3.89. The van der Waals surface area contributed by atoms with Crippen molar-refractivity contribution in [3.8, 4) is 11.5 Å². The van der Waals surface area contributed by atoms with Crippen molar-refractivity contribution in [2.45, 2.75) is 12.5 Å². The van der Waals surface area contributed by atoms with Crippen molar-refractivity contribution in [2.75, 3.05) is 0 Å². The SMILES string of the molecule is Oc1cccc(COc2cc(F)cc(CCl)c2)c1. The van der Waals surface area contributed by atoms with Gasteiger partial charge in [-0.3, -0.25) is 0 Å². The van der Waals surface area contributed by atoms with Crippen LogP contribution in [0.1, 0.15) is 11.1 Å². The van der Waals surface area contributed by atoms with E-state index in [2.05, 4.69) is 0 Å². The summed E-state index contributed by atoms with van der Waals surface area (Å²) in [4.78, 5) is 0. The molecule has 0 aromatic heterocycles. The molecule has 0 heterocycles. The van der Waals surface area contributed by atoms with E-state index in [-0.39, 0.29) is 24.1 Å². The number of aromatic hydroxyl groups is 1. The molecule has 0 saturated carbocycles. The summed E-state index contributed by atoms with van der Waals surface area (Å²) >= 11 is 5.65. The largest absolute Gasteiger partial charge is 0.508 e. The maximum Gasteiger partial charge on any atom is 0.127 e. The predicted molar refractivity (Wildman–Crippen MR) is 68.4 cm³/mol. The van der Waals surface area contributed by atoms with Gasteiger partial charge in [0.15, 0.2) is 0 Å². The second kappa shape index (κ2) is 5.74. The first kappa shape index (κ1) is 12.7. The maximum atomic E-state index is 13.2. The Morgan fingerprint density at radius 1 is 1.11 bits per heavy atom. The van der Waals surface area contributed by atoms with E-state index in [9.17, 15) is 9.50 Å². The predicted octanol–water partition coefficient (Wildman–Crippen LogP) is 3.85. The van der Waals surface area contributed by atoms with Crippen molar-refractivity contribution in [2.24, 2.45) is 0 Å². The minimum atomic E-state index is -0.376. The topological polar surface area (TPSA) is 29.5 Å². The van der Waals surface area contributed by atoms with Gasteiger partial charge in [-0.1, -0.05) is 12.1 Å². The van der Waals surface area contributed by atoms with E-state index < -0.39 is 0 Å². The van der Waals surface area contributed by atoms with Gasteiger partial charge in [-0.2, -0.15) is 0 Å². The first-order chi connectivity index (χ1) is 8.67. The van der Waals surface area contributed by atoms with Crippen LogP contribution in [0.3, 0.4) is 0 Å². The first-order valence-corrected chi connectivity index (χ1v) is 5.97. The zero-order valence-corrected chi connectivity index (χ0v) is 10.3. The molecule has 0 unspecified atom stereocenters. The molecule has 0 saturated heterocycles. The number of halogens is 2. The molecule has 0 fully saturated rings. The number of phenolic OH excluding ortho intramolecular Hbond substituents is 1. The average molecular weight is 267 g/mol. The number of ether oxygens (including phenoxy) is 1. The monoisotopic (exact) mass is 266 g/mol. The Kier molecular flexibility index (Phi) is 4.05. The zero-order chi connectivity index (χ0) is 13.0. The Bertz CT molecular complexity index is 543. The van der Waals surface area contributed by atoms with Gasteiger partial charge in [0.2, 0.25) is 0 Å². The number of phenols is 1. The van der Waals surface area contributed by atoms with E-state index in [1.165, 1.54) is 12.1 Å². The van der Waals surface area contributed by atoms with Crippen LogP contribution in [0.4, 0.5) is 4.39 Å². The van der Waals surface area contributed by atoms with Crippen LogP contribution in [0.5, 0.6) is 11.5 Å². The van der Waals surface area contributed by atoms with Crippen molar-refractivity contribution in [3.63, 3.8) is 0 Å². The molecule has 2 aromatic rings. The quantitative estimate of drug-likeness (QED) is 0.852. The molecule has 0 aliphatic carbocycles. The fourth-order valence-corrected chi connectivity index (χ4v) is 1.75. The summed E-state index contributed by atoms with van der Waals surface area (Å²) in [6.07, 6.45) is 0. The molecule has 0 amide bonds. The highest BCUT2D eigenvalue weighted by molar-refractivity contribution is 6.17. The van der Waals surface area contributed by atoms with Crippen molar-refractivity contribution in [1.29, 1.82) is 0 Å². The second-order valence-corrected chi connectivity index (χ2v) is 4.15. The summed E-state index contributed by atoms with van der Waals surface area (Å²) in [6, 6.07) is 11.1. The van der Waals surface area contributed by atoms with Gasteiger partial charge in [-0.25, -0.2) is 4.39 Å². The molecular weight excluding hydrogens is 255 g/mol. The standard InChI is InChI=1S/C14H12ClFO2/c15-8-11-4-12(16)7-14(6-11)18-9-10-2-1-3-13(17)5-10/h1-7,17H,8-9H2. The third-order valence-corrected chi connectivity index (χ3v) is 2.71. The Morgan fingerprint density at radius 3 is 2.67 bits per heavy atom. The normalized spacial score (nSPS) is 10.3. The summed E-state index contributed by atoms with van der Waals surface area (Å²) in [5.74, 6) is 0.463. The van der Waals surface area contributed by atoms with Gasteiger partial charge in [0, 0.05) is 11.9 Å². The van der Waals surface area contributed by atoms with Gasteiger partial charge >= 0.3 is 0 Å². The van der Waals surface area contributed by atoms with Crippen LogP contribution in [0, 0.1) is 5.82 Å². The molecule has 4 heteroatoms. The van der Waals surface area contributed by atoms with Crippen LogP contribution < -0.4 is 4.74 Å². The van der Waals surface area contributed by atoms with Gasteiger partial charge in [-0.05, 0) is 35.4 Å². The molecule has 2 nitrogen and oxygen atoms in total. The molecule has 0 bridgehead atoms. The minimum absolute atomic E-state index is 0.178. The third-order valence-electron chi connectivity index (χ3n) is 2.40. The van der Waals surface area contributed by atoms with E-state index >= 15 is 0 Å². The lowest BCUT2D eigenvalue weighted by molar-refractivity contribution is 0.303. The van der Waals surface area contributed by atoms with Crippen molar-refractivity contribution < 1.29 is 14.2 Å². The lowest BCUT2D eigenvalue weighted by atomic mass is 10.2. The Labute approximate surface area is 110 Å². The number of rotatable bonds is 4. The van der Waals surface area contributed by atoms with E-state index in [1.807, 2.05) is 6.07 Å². The van der Waals surface area contributed by atoms with Crippen molar-refractivity contribution in [1.82, 2.24) is 0 Å². The summed E-state index contributed by atoms with van der Waals surface area (Å²) in [5, 5.41) is 9.30. The number of alkyl halides is 1. The number of hydrogen-bond donors (Lipinski definition) is 1. The highest BCUT2D eigenvalue weighted by Crippen LogP contribution is 2.20. The van der Waals surface area contributed by atoms with Crippen LogP contribution in [0.15, 0.2) is 42.5 Å². The number of hydrogen-bond acceptors (Lipinski definition) is 2. The van der Waals surface area contributed by atoms with Crippen LogP contribution in [-0.4, -0.2) is 5.11 Å².